The maximum atomic E-state index is 4.66. The number of nitrogens with zero attached hydrogens (tertiary/aromatic N) is 2. The summed E-state index contributed by atoms with van der Waals surface area (Å²) in [6.07, 6.45) is 12.3. The van der Waals surface area contributed by atoms with E-state index in [4.69, 9.17) is 0 Å². The summed E-state index contributed by atoms with van der Waals surface area (Å²) >= 11 is 4.58. The van der Waals surface area contributed by atoms with Gasteiger partial charge < -0.3 is 0 Å². The summed E-state index contributed by atoms with van der Waals surface area (Å²) in [6, 6.07) is 0. The summed E-state index contributed by atoms with van der Waals surface area (Å²) in [7, 11) is 0. The van der Waals surface area contributed by atoms with E-state index in [0.717, 1.165) is 21.9 Å². The molecule has 2 aliphatic rings. The molecule has 106 valence electrons. The van der Waals surface area contributed by atoms with Crippen LogP contribution in [0, 0.1) is 10.8 Å². The van der Waals surface area contributed by atoms with Crippen molar-refractivity contribution in [3.63, 3.8) is 0 Å². The highest BCUT2D eigenvalue weighted by molar-refractivity contribution is 7.84. The molecule has 0 aromatic heterocycles. The molecule has 0 saturated heterocycles. The smallest absolute Gasteiger partial charge is 0.102 e. The zero-order chi connectivity index (χ0) is 15.0. The first-order valence-corrected chi connectivity index (χ1v) is 7.28. The Morgan fingerprint density at radius 2 is 1.35 bits per heavy atom. The van der Waals surface area contributed by atoms with Gasteiger partial charge in [0.05, 0.1) is 5.70 Å². The number of hydrogen-bond donors (Lipinski definition) is 1. The molecule has 0 aromatic rings. The molecule has 0 atom stereocenters. The monoisotopic (exact) mass is 286 g/mol. The van der Waals surface area contributed by atoms with Gasteiger partial charge in [0.25, 0.3) is 0 Å². The summed E-state index contributed by atoms with van der Waals surface area (Å²) in [4.78, 5) is 10.1. The summed E-state index contributed by atoms with van der Waals surface area (Å²) in [5.41, 5.74) is 2.75. The highest BCUT2D eigenvalue weighted by Crippen LogP contribution is 2.31. The van der Waals surface area contributed by atoms with Crippen molar-refractivity contribution >= 4 is 25.1 Å². The summed E-state index contributed by atoms with van der Waals surface area (Å²) in [6.45, 7) is 10.6. The van der Waals surface area contributed by atoms with Gasteiger partial charge in [0.15, 0.2) is 0 Å². The van der Waals surface area contributed by atoms with Gasteiger partial charge >= 0.3 is 0 Å². The highest BCUT2D eigenvalue weighted by atomic mass is 32.1. The van der Waals surface area contributed by atoms with E-state index >= 15 is 0 Å². The molecule has 0 bridgehead atoms. The third kappa shape index (κ3) is 3.40. The van der Waals surface area contributed by atoms with Crippen molar-refractivity contribution in [2.45, 2.75) is 34.6 Å². The quantitative estimate of drug-likeness (QED) is 0.674. The van der Waals surface area contributed by atoms with Crippen LogP contribution in [0.4, 0.5) is 0 Å². The third-order valence-corrected chi connectivity index (χ3v) is 3.69. The maximum absolute atomic E-state index is 4.66. The lowest BCUT2D eigenvalue weighted by atomic mass is 9.95. The molecule has 2 rings (SSSR count). The minimum Gasteiger partial charge on any atom is -0.258 e. The van der Waals surface area contributed by atoms with E-state index in [-0.39, 0.29) is 10.8 Å². The van der Waals surface area contributed by atoms with Crippen molar-refractivity contribution in [1.82, 2.24) is 0 Å². The molecule has 0 saturated carbocycles. The molecule has 0 radical (unpaired) electrons. The predicted octanol–water partition coefficient (Wildman–Crippen LogP) is 4.74. The number of thiol groups is 1. The van der Waals surface area contributed by atoms with E-state index in [0.29, 0.717) is 0 Å². The second kappa shape index (κ2) is 5.21. The molecule has 0 spiro atoms. The van der Waals surface area contributed by atoms with Crippen molar-refractivity contribution in [3.05, 3.63) is 46.2 Å². The number of rotatable bonds is 1. The fourth-order valence-electron chi connectivity index (χ4n) is 1.94. The third-order valence-electron chi connectivity index (χ3n) is 3.33. The summed E-state index contributed by atoms with van der Waals surface area (Å²) in [5, 5.41) is 0. The van der Waals surface area contributed by atoms with Gasteiger partial charge in [-0.05, 0) is 18.6 Å². The Labute approximate surface area is 127 Å². The maximum Gasteiger partial charge on any atom is 0.102 e. The second-order valence-corrected chi connectivity index (χ2v) is 7.07. The molecule has 0 N–H and O–H groups in total. The first-order chi connectivity index (χ1) is 9.20. The Bertz CT molecular complexity index is 542. The lowest BCUT2D eigenvalue weighted by Crippen LogP contribution is -2.08. The number of allylic oxidation sites excluding steroid dienone is 5. The SMILES string of the molecule is CC1=C(C2=C(S)C=CC(C)(C)C=N2)N=CC(C)(C)C=C1. The lowest BCUT2D eigenvalue weighted by molar-refractivity contribution is 0.693. The van der Waals surface area contributed by atoms with Gasteiger partial charge in [0.2, 0.25) is 0 Å². The molecule has 20 heavy (non-hydrogen) atoms. The van der Waals surface area contributed by atoms with Crippen molar-refractivity contribution in [2.75, 3.05) is 0 Å². The molecule has 0 unspecified atom stereocenters. The van der Waals surface area contributed by atoms with Crippen LogP contribution in [0.2, 0.25) is 0 Å². The van der Waals surface area contributed by atoms with Gasteiger partial charge in [-0.3, -0.25) is 9.98 Å². The molecule has 2 nitrogen and oxygen atoms in total. The highest BCUT2D eigenvalue weighted by Gasteiger charge is 2.20. The average Bonchev–Trinajstić information content (AvgIpc) is 2.56. The molecule has 0 aliphatic carbocycles. The zero-order valence-electron chi connectivity index (χ0n) is 12.8. The van der Waals surface area contributed by atoms with Crippen molar-refractivity contribution in [3.8, 4) is 0 Å². The van der Waals surface area contributed by atoms with Crippen LogP contribution in [0.1, 0.15) is 34.6 Å². The standard InChI is InChI=1S/C17H22N2S/c1-12-6-8-16(2,3)10-18-14(12)15-13(20)7-9-17(4,5)11-19-15/h6-11,20H,1-5H3. The van der Waals surface area contributed by atoms with Gasteiger partial charge in [0, 0.05) is 28.2 Å². The molecule has 0 amide bonds. The largest absolute Gasteiger partial charge is 0.258 e. The Hall–Kier alpha value is -1.35. The molecule has 2 aliphatic heterocycles. The van der Waals surface area contributed by atoms with E-state index in [1.165, 1.54) is 0 Å². The fourth-order valence-corrected chi connectivity index (χ4v) is 2.18. The number of hydrogen-bond acceptors (Lipinski definition) is 3. The van der Waals surface area contributed by atoms with E-state index in [2.05, 4.69) is 75.5 Å². The van der Waals surface area contributed by atoms with Crippen LogP contribution in [0.25, 0.3) is 0 Å². The topological polar surface area (TPSA) is 24.7 Å². The normalized spacial score (nSPS) is 24.1. The summed E-state index contributed by atoms with van der Waals surface area (Å²) in [5.74, 6) is 0. The van der Waals surface area contributed by atoms with Crippen LogP contribution < -0.4 is 0 Å². The fraction of sp³-hybridized carbons (Fsp3) is 0.412. The Morgan fingerprint density at radius 1 is 0.850 bits per heavy atom. The van der Waals surface area contributed by atoms with Crippen LogP contribution in [0.15, 0.2) is 56.2 Å². The van der Waals surface area contributed by atoms with Gasteiger partial charge in [-0.2, -0.15) is 0 Å². The predicted molar refractivity (Wildman–Crippen MR) is 91.5 cm³/mol. The Balaban J connectivity index is 2.51. The van der Waals surface area contributed by atoms with Crippen molar-refractivity contribution in [1.29, 1.82) is 0 Å². The van der Waals surface area contributed by atoms with E-state index in [9.17, 15) is 0 Å². The van der Waals surface area contributed by atoms with Crippen molar-refractivity contribution in [2.24, 2.45) is 20.8 Å². The van der Waals surface area contributed by atoms with Crippen LogP contribution in [0.5, 0.6) is 0 Å². The Kier molecular flexibility index (Phi) is 3.92. The first kappa shape index (κ1) is 15.0. The Morgan fingerprint density at radius 3 is 1.95 bits per heavy atom. The molecule has 0 fully saturated rings. The van der Waals surface area contributed by atoms with E-state index in [1.807, 2.05) is 18.5 Å². The van der Waals surface area contributed by atoms with Gasteiger partial charge in [-0.15, -0.1) is 12.6 Å². The van der Waals surface area contributed by atoms with Crippen LogP contribution in [-0.2, 0) is 0 Å². The zero-order valence-corrected chi connectivity index (χ0v) is 13.7. The molecular formula is C17H22N2S. The van der Waals surface area contributed by atoms with Crippen molar-refractivity contribution < 1.29 is 0 Å². The molecule has 0 aromatic carbocycles. The minimum atomic E-state index is -0.0618. The van der Waals surface area contributed by atoms with E-state index in [1.54, 1.807) is 0 Å². The van der Waals surface area contributed by atoms with E-state index < -0.39 is 0 Å². The number of aliphatic imine (C=N–C) groups is 2. The summed E-state index contributed by atoms with van der Waals surface area (Å²) < 4.78 is 0. The molecular weight excluding hydrogens is 264 g/mol. The first-order valence-electron chi connectivity index (χ1n) is 6.84. The minimum absolute atomic E-state index is 0.0378. The van der Waals surface area contributed by atoms with Crippen LogP contribution in [0.3, 0.4) is 0 Å². The average molecular weight is 286 g/mol. The molecule has 3 heteroatoms. The van der Waals surface area contributed by atoms with Gasteiger partial charge in [0.1, 0.15) is 5.70 Å². The second-order valence-electron chi connectivity index (χ2n) is 6.59. The van der Waals surface area contributed by atoms with Crippen LogP contribution in [-0.4, -0.2) is 12.4 Å². The lowest BCUT2D eigenvalue weighted by Gasteiger charge is -2.12. The van der Waals surface area contributed by atoms with Gasteiger partial charge in [-0.25, -0.2) is 0 Å². The molecule has 2 heterocycles. The van der Waals surface area contributed by atoms with Gasteiger partial charge in [-0.1, -0.05) is 45.9 Å². The van der Waals surface area contributed by atoms with Crippen LogP contribution >= 0.6 is 12.6 Å².